The number of allylic oxidation sites excluding steroid dienone is 3. The average molecular weight is 368 g/mol. The number of halogens is 1. The third-order valence-corrected chi connectivity index (χ3v) is 4.79. The van der Waals surface area contributed by atoms with Gasteiger partial charge in [-0.15, -0.1) is 6.58 Å². The largest absolute Gasteiger partial charge is 0.205 e. The molecule has 28 heavy (non-hydrogen) atoms. The zero-order chi connectivity index (χ0) is 19.8. The lowest BCUT2D eigenvalue weighted by atomic mass is 10.0. The topological polar surface area (TPSA) is 0 Å². The average Bonchev–Trinajstić information content (AvgIpc) is 2.73. The molecule has 0 aliphatic carbocycles. The monoisotopic (exact) mass is 368 g/mol. The summed E-state index contributed by atoms with van der Waals surface area (Å²) in [7, 11) is 0. The minimum Gasteiger partial charge on any atom is -0.205 e. The molecule has 0 fully saturated rings. The fourth-order valence-corrected chi connectivity index (χ4v) is 3.17. The smallest absolute Gasteiger partial charge is 0.146 e. The molecule has 3 aromatic rings. The second-order valence-corrected chi connectivity index (χ2v) is 6.86. The number of benzene rings is 3. The molecule has 0 heterocycles. The van der Waals surface area contributed by atoms with E-state index in [1.807, 2.05) is 43.3 Å². The van der Waals surface area contributed by atoms with Crippen molar-refractivity contribution in [2.75, 3.05) is 0 Å². The molecule has 0 bridgehead atoms. The molecule has 0 nitrogen and oxygen atoms in total. The first-order valence-corrected chi connectivity index (χ1v) is 9.75. The minimum atomic E-state index is -0.243. The molecular formula is C27H25F. The highest BCUT2D eigenvalue weighted by Gasteiger charge is 2.06. The highest BCUT2D eigenvalue weighted by molar-refractivity contribution is 5.85. The second-order valence-electron chi connectivity index (χ2n) is 6.86. The van der Waals surface area contributed by atoms with Crippen LogP contribution in [-0.2, 0) is 12.8 Å². The molecule has 0 aromatic heterocycles. The Balaban J connectivity index is 1.80. The van der Waals surface area contributed by atoms with Crippen molar-refractivity contribution in [1.82, 2.24) is 0 Å². The predicted molar refractivity (Wildman–Crippen MR) is 118 cm³/mol. The van der Waals surface area contributed by atoms with Gasteiger partial charge in [-0.2, -0.15) is 0 Å². The van der Waals surface area contributed by atoms with Crippen molar-refractivity contribution >= 4 is 10.8 Å². The molecule has 1 heteroatoms. The Hall–Kier alpha value is -3.11. The number of hydrogen-bond acceptors (Lipinski definition) is 0. The zero-order valence-electron chi connectivity index (χ0n) is 16.3. The lowest BCUT2D eigenvalue weighted by molar-refractivity contribution is 0.636. The lowest BCUT2D eigenvalue weighted by Crippen LogP contribution is -1.89. The molecule has 0 aliphatic rings. The fraction of sp³-hybridized carbons (Fsp3) is 0.185. The van der Waals surface area contributed by atoms with Crippen LogP contribution in [0.4, 0.5) is 4.39 Å². The van der Waals surface area contributed by atoms with Crippen molar-refractivity contribution in [3.05, 3.63) is 107 Å². The van der Waals surface area contributed by atoms with Crippen molar-refractivity contribution in [3.63, 3.8) is 0 Å². The highest BCUT2D eigenvalue weighted by atomic mass is 19.1. The van der Waals surface area contributed by atoms with Crippen LogP contribution in [0.3, 0.4) is 0 Å². The van der Waals surface area contributed by atoms with Gasteiger partial charge in [0.05, 0.1) is 5.56 Å². The maximum absolute atomic E-state index is 14.9. The van der Waals surface area contributed by atoms with Crippen molar-refractivity contribution < 1.29 is 4.39 Å². The SMILES string of the molecule is C=CCCc1ccc(C#Cc2ccc3cc(CC/C=C/C)ccc3c2F)cc1. The van der Waals surface area contributed by atoms with Crippen molar-refractivity contribution in [2.24, 2.45) is 0 Å². The van der Waals surface area contributed by atoms with E-state index in [1.165, 1.54) is 11.1 Å². The Morgan fingerprint density at radius 1 is 0.893 bits per heavy atom. The predicted octanol–water partition coefficient (Wildman–Crippen LogP) is 7.01. The van der Waals surface area contributed by atoms with Crippen LogP contribution < -0.4 is 0 Å². The van der Waals surface area contributed by atoms with Crippen LogP contribution in [0.2, 0.25) is 0 Å². The van der Waals surface area contributed by atoms with E-state index in [-0.39, 0.29) is 5.82 Å². The molecule has 0 spiro atoms. The van der Waals surface area contributed by atoms with Gasteiger partial charge < -0.3 is 0 Å². The summed E-state index contributed by atoms with van der Waals surface area (Å²) in [6.45, 7) is 5.77. The quantitative estimate of drug-likeness (QED) is 0.324. The molecule has 0 atom stereocenters. The molecule has 0 amide bonds. The van der Waals surface area contributed by atoms with Gasteiger partial charge in [0.15, 0.2) is 0 Å². The summed E-state index contributed by atoms with van der Waals surface area (Å²) < 4.78 is 14.9. The molecule has 3 rings (SSSR count). The first kappa shape index (κ1) is 19.6. The van der Waals surface area contributed by atoms with Crippen LogP contribution >= 0.6 is 0 Å². The van der Waals surface area contributed by atoms with Crippen molar-refractivity contribution in [2.45, 2.75) is 32.6 Å². The normalized spacial score (nSPS) is 10.8. The third kappa shape index (κ3) is 4.99. The van der Waals surface area contributed by atoms with E-state index in [9.17, 15) is 4.39 Å². The second kappa shape index (κ2) is 9.72. The number of hydrogen-bond donors (Lipinski definition) is 0. The van der Waals surface area contributed by atoms with E-state index < -0.39 is 0 Å². The van der Waals surface area contributed by atoms with E-state index in [0.29, 0.717) is 10.9 Å². The summed E-state index contributed by atoms with van der Waals surface area (Å²) in [6.07, 6.45) is 10.0. The minimum absolute atomic E-state index is 0.243. The maximum atomic E-state index is 14.9. The molecule has 3 aromatic carbocycles. The Kier molecular flexibility index (Phi) is 6.82. The van der Waals surface area contributed by atoms with Gasteiger partial charge in [-0.25, -0.2) is 4.39 Å². The van der Waals surface area contributed by atoms with E-state index in [4.69, 9.17) is 0 Å². The van der Waals surface area contributed by atoms with E-state index >= 15 is 0 Å². The number of aryl methyl sites for hydroxylation is 2. The summed E-state index contributed by atoms with van der Waals surface area (Å²) in [4.78, 5) is 0. The zero-order valence-corrected chi connectivity index (χ0v) is 16.3. The summed E-state index contributed by atoms with van der Waals surface area (Å²) in [6, 6.07) is 17.8. The summed E-state index contributed by atoms with van der Waals surface area (Å²) in [5.74, 6) is 5.82. The van der Waals surface area contributed by atoms with Crippen LogP contribution in [-0.4, -0.2) is 0 Å². The standard InChI is InChI=1S/C27H25F/c1-3-5-7-9-23-15-19-26-25(20-23)18-17-24(27(26)28)16-14-22-12-10-21(11-13-22)8-6-4-2/h3-5,10-13,15,17-20H,2,6-9H2,1H3/b5-3+. The van der Waals surface area contributed by atoms with Crippen LogP contribution in [0.25, 0.3) is 10.8 Å². The van der Waals surface area contributed by atoms with Gasteiger partial charge in [0.2, 0.25) is 0 Å². The van der Waals surface area contributed by atoms with Gasteiger partial charge in [-0.1, -0.05) is 66.5 Å². The molecule has 0 saturated heterocycles. The van der Waals surface area contributed by atoms with Crippen molar-refractivity contribution in [3.8, 4) is 11.8 Å². The third-order valence-electron chi connectivity index (χ3n) is 4.79. The van der Waals surface area contributed by atoms with Gasteiger partial charge in [0.1, 0.15) is 5.82 Å². The van der Waals surface area contributed by atoms with E-state index in [1.54, 1.807) is 6.07 Å². The van der Waals surface area contributed by atoms with Gasteiger partial charge in [0, 0.05) is 10.9 Å². The first-order valence-electron chi connectivity index (χ1n) is 9.75. The van der Waals surface area contributed by atoms with Gasteiger partial charge >= 0.3 is 0 Å². The van der Waals surface area contributed by atoms with E-state index in [2.05, 4.69) is 48.8 Å². The fourth-order valence-electron chi connectivity index (χ4n) is 3.17. The molecule has 0 aliphatic heterocycles. The number of fused-ring (bicyclic) bond motifs is 1. The molecule has 0 radical (unpaired) electrons. The van der Waals surface area contributed by atoms with Crippen LogP contribution in [0.5, 0.6) is 0 Å². The number of rotatable bonds is 6. The van der Waals surface area contributed by atoms with Gasteiger partial charge in [-0.3, -0.25) is 0 Å². The van der Waals surface area contributed by atoms with Crippen LogP contribution in [0, 0.1) is 17.7 Å². The Morgan fingerprint density at radius 3 is 2.39 bits per heavy atom. The highest BCUT2D eigenvalue weighted by Crippen LogP contribution is 2.23. The van der Waals surface area contributed by atoms with Gasteiger partial charge in [-0.05, 0) is 67.3 Å². The maximum Gasteiger partial charge on any atom is 0.146 e. The van der Waals surface area contributed by atoms with Crippen molar-refractivity contribution in [1.29, 1.82) is 0 Å². The summed E-state index contributed by atoms with van der Waals surface area (Å²) in [5, 5.41) is 1.55. The molecule has 0 N–H and O–H groups in total. The first-order chi connectivity index (χ1) is 13.7. The van der Waals surface area contributed by atoms with Gasteiger partial charge in [0.25, 0.3) is 0 Å². The Bertz CT molecular complexity index is 1040. The summed E-state index contributed by atoms with van der Waals surface area (Å²) >= 11 is 0. The van der Waals surface area contributed by atoms with Crippen LogP contribution in [0.1, 0.15) is 42.0 Å². The summed E-state index contributed by atoms with van der Waals surface area (Å²) in [5.41, 5.74) is 3.80. The van der Waals surface area contributed by atoms with Crippen LogP contribution in [0.15, 0.2) is 79.4 Å². The molecule has 140 valence electrons. The molecule has 0 saturated carbocycles. The Labute approximate surface area is 167 Å². The molecule has 0 unspecified atom stereocenters. The van der Waals surface area contributed by atoms with E-state index in [0.717, 1.165) is 36.6 Å². The lowest BCUT2D eigenvalue weighted by Gasteiger charge is -2.05. The Morgan fingerprint density at radius 2 is 1.64 bits per heavy atom. The molecular weight excluding hydrogens is 343 g/mol.